The predicted molar refractivity (Wildman–Crippen MR) is 127 cm³/mol. The standard InChI is InChI=1S/C23H31N5O3S/c1-13(2)12-17(22(30)26-15-6-4-5-7-15)28(16-10-8-14(3)9-11-16)23(31)20-18(24)19(21(25)29)27-32-20/h8-11,13,15,17H,4-7,12,24H2,1-3H3,(H2,25,29)(H,26,30)/t17-/m1/s1. The average Bonchev–Trinajstić information content (AvgIpc) is 3.37. The molecule has 1 fully saturated rings. The van der Waals surface area contributed by atoms with Crippen LogP contribution in [0.15, 0.2) is 24.3 Å². The monoisotopic (exact) mass is 457 g/mol. The fourth-order valence-electron chi connectivity index (χ4n) is 4.03. The highest BCUT2D eigenvalue weighted by molar-refractivity contribution is 7.09. The van der Waals surface area contributed by atoms with Crippen LogP contribution >= 0.6 is 11.5 Å². The van der Waals surface area contributed by atoms with Crippen molar-refractivity contribution in [2.45, 2.75) is 65.0 Å². The molecule has 0 bridgehead atoms. The Balaban J connectivity index is 2.04. The number of hydrogen-bond acceptors (Lipinski definition) is 6. The number of rotatable bonds is 8. The van der Waals surface area contributed by atoms with Gasteiger partial charge in [-0.2, -0.15) is 4.37 Å². The minimum atomic E-state index is -0.794. The summed E-state index contributed by atoms with van der Waals surface area (Å²) in [6.45, 7) is 5.98. The van der Waals surface area contributed by atoms with Gasteiger partial charge in [0.25, 0.3) is 11.8 Å². The molecule has 5 N–H and O–H groups in total. The van der Waals surface area contributed by atoms with Gasteiger partial charge in [-0.3, -0.25) is 19.3 Å². The van der Waals surface area contributed by atoms with E-state index in [1.54, 1.807) is 0 Å². The van der Waals surface area contributed by atoms with Crippen molar-refractivity contribution in [3.8, 4) is 0 Å². The minimum absolute atomic E-state index is 0.0518. The summed E-state index contributed by atoms with van der Waals surface area (Å²) in [6, 6.07) is 6.81. The number of aromatic nitrogens is 1. The van der Waals surface area contributed by atoms with Crippen molar-refractivity contribution >= 4 is 40.6 Å². The molecule has 1 heterocycles. The average molecular weight is 458 g/mol. The molecule has 0 radical (unpaired) electrons. The number of carbonyl (C=O) groups excluding carboxylic acids is 3. The first-order valence-electron chi connectivity index (χ1n) is 10.9. The van der Waals surface area contributed by atoms with Gasteiger partial charge in [-0.05, 0) is 55.8 Å². The lowest BCUT2D eigenvalue weighted by Crippen LogP contribution is -2.52. The van der Waals surface area contributed by atoms with Crippen molar-refractivity contribution in [1.82, 2.24) is 9.69 Å². The molecule has 1 aromatic carbocycles. The van der Waals surface area contributed by atoms with Crippen LogP contribution in [-0.4, -0.2) is 34.2 Å². The van der Waals surface area contributed by atoms with Gasteiger partial charge in [-0.1, -0.05) is 44.4 Å². The van der Waals surface area contributed by atoms with E-state index in [0.29, 0.717) is 12.1 Å². The van der Waals surface area contributed by atoms with Crippen LogP contribution in [0.1, 0.15) is 71.7 Å². The lowest BCUT2D eigenvalue weighted by atomic mass is 9.99. The summed E-state index contributed by atoms with van der Waals surface area (Å²) in [5.74, 6) is -1.28. The molecule has 0 saturated heterocycles. The molecule has 1 aliphatic rings. The number of nitrogens with one attached hydrogen (secondary N) is 1. The molecule has 32 heavy (non-hydrogen) atoms. The molecular formula is C23H31N5O3S. The summed E-state index contributed by atoms with van der Waals surface area (Å²) in [7, 11) is 0. The summed E-state index contributed by atoms with van der Waals surface area (Å²) >= 11 is 0.821. The summed E-state index contributed by atoms with van der Waals surface area (Å²) < 4.78 is 3.97. The number of anilines is 2. The first kappa shape index (κ1) is 23.7. The molecule has 0 aliphatic heterocycles. The van der Waals surface area contributed by atoms with E-state index >= 15 is 0 Å². The van der Waals surface area contributed by atoms with Gasteiger partial charge in [0.1, 0.15) is 10.9 Å². The van der Waals surface area contributed by atoms with Crippen molar-refractivity contribution in [2.24, 2.45) is 11.7 Å². The van der Waals surface area contributed by atoms with E-state index < -0.39 is 17.9 Å². The van der Waals surface area contributed by atoms with E-state index in [1.165, 1.54) is 4.90 Å². The molecule has 9 heteroatoms. The van der Waals surface area contributed by atoms with Gasteiger partial charge in [0, 0.05) is 11.7 Å². The van der Waals surface area contributed by atoms with Crippen molar-refractivity contribution in [1.29, 1.82) is 0 Å². The number of aryl methyl sites for hydroxylation is 1. The highest BCUT2D eigenvalue weighted by atomic mass is 32.1. The maximum Gasteiger partial charge on any atom is 0.272 e. The fraction of sp³-hybridized carbons (Fsp3) is 0.478. The Kier molecular flexibility index (Phi) is 7.50. The third kappa shape index (κ3) is 5.27. The lowest BCUT2D eigenvalue weighted by Gasteiger charge is -2.33. The zero-order chi connectivity index (χ0) is 23.4. The summed E-state index contributed by atoms with van der Waals surface area (Å²) in [6.07, 6.45) is 4.55. The third-order valence-corrected chi connectivity index (χ3v) is 6.55. The normalized spacial score (nSPS) is 15.0. The molecule has 3 amide bonds. The van der Waals surface area contributed by atoms with Crippen LogP contribution < -0.4 is 21.7 Å². The summed E-state index contributed by atoms with van der Waals surface area (Å²) in [5, 5.41) is 3.14. The van der Waals surface area contributed by atoms with Crippen LogP contribution in [0.5, 0.6) is 0 Å². The van der Waals surface area contributed by atoms with Gasteiger partial charge in [0.05, 0.1) is 5.69 Å². The number of nitrogens with zero attached hydrogens (tertiary/aromatic N) is 2. The molecule has 1 atom stereocenters. The van der Waals surface area contributed by atoms with E-state index in [4.69, 9.17) is 11.5 Å². The number of benzene rings is 1. The molecule has 0 unspecified atom stereocenters. The Morgan fingerprint density at radius 3 is 2.34 bits per heavy atom. The first-order chi connectivity index (χ1) is 15.2. The number of amides is 3. The zero-order valence-electron chi connectivity index (χ0n) is 18.8. The highest BCUT2D eigenvalue weighted by Gasteiger charge is 2.36. The smallest absolute Gasteiger partial charge is 0.272 e. The maximum absolute atomic E-state index is 13.7. The van der Waals surface area contributed by atoms with Crippen LogP contribution in [0.2, 0.25) is 0 Å². The number of hydrogen-bond donors (Lipinski definition) is 3. The molecule has 172 valence electrons. The van der Waals surface area contributed by atoms with Crippen LogP contribution in [0.4, 0.5) is 11.4 Å². The quantitative estimate of drug-likeness (QED) is 0.560. The Morgan fingerprint density at radius 2 is 1.81 bits per heavy atom. The Bertz CT molecular complexity index is 980. The zero-order valence-corrected chi connectivity index (χ0v) is 19.6. The largest absolute Gasteiger partial charge is 0.395 e. The van der Waals surface area contributed by atoms with Crippen molar-refractivity contribution in [2.75, 3.05) is 10.6 Å². The molecule has 0 spiro atoms. The second-order valence-corrected chi connectivity index (χ2v) is 9.56. The first-order valence-corrected chi connectivity index (χ1v) is 11.7. The van der Waals surface area contributed by atoms with E-state index in [0.717, 1.165) is 42.8 Å². The number of carbonyl (C=O) groups is 3. The Morgan fingerprint density at radius 1 is 1.19 bits per heavy atom. The molecule has 1 saturated carbocycles. The van der Waals surface area contributed by atoms with Crippen molar-refractivity contribution in [3.63, 3.8) is 0 Å². The molecule has 3 rings (SSSR count). The molecule has 8 nitrogen and oxygen atoms in total. The highest BCUT2D eigenvalue weighted by Crippen LogP contribution is 2.30. The Labute approximate surface area is 192 Å². The van der Waals surface area contributed by atoms with Crippen molar-refractivity contribution in [3.05, 3.63) is 40.4 Å². The third-order valence-electron chi connectivity index (χ3n) is 5.70. The maximum atomic E-state index is 13.7. The minimum Gasteiger partial charge on any atom is -0.395 e. The second kappa shape index (κ2) is 10.1. The summed E-state index contributed by atoms with van der Waals surface area (Å²) in [4.78, 5) is 40.4. The van der Waals surface area contributed by atoms with Gasteiger partial charge >= 0.3 is 0 Å². The number of nitrogen functional groups attached to an aromatic ring is 1. The van der Waals surface area contributed by atoms with E-state index in [1.807, 2.05) is 45.0 Å². The van der Waals surface area contributed by atoms with Crippen LogP contribution in [-0.2, 0) is 4.79 Å². The SMILES string of the molecule is Cc1ccc(N(C(=O)c2snc(C(N)=O)c2N)[C@H](CC(C)C)C(=O)NC2CCCC2)cc1. The van der Waals surface area contributed by atoms with E-state index in [-0.39, 0.29) is 34.1 Å². The molecule has 2 aromatic rings. The van der Waals surface area contributed by atoms with Gasteiger partial charge in [-0.15, -0.1) is 0 Å². The molecule has 1 aliphatic carbocycles. The number of primary amides is 1. The van der Waals surface area contributed by atoms with Crippen LogP contribution in [0.3, 0.4) is 0 Å². The fourth-order valence-corrected chi connectivity index (χ4v) is 4.77. The van der Waals surface area contributed by atoms with Gasteiger partial charge < -0.3 is 16.8 Å². The topological polar surface area (TPSA) is 131 Å². The van der Waals surface area contributed by atoms with Gasteiger partial charge in [0.15, 0.2) is 5.69 Å². The number of nitrogens with two attached hydrogens (primary N) is 2. The lowest BCUT2D eigenvalue weighted by molar-refractivity contribution is -0.123. The summed E-state index contributed by atoms with van der Waals surface area (Å²) in [5.41, 5.74) is 12.8. The molecular weight excluding hydrogens is 426 g/mol. The van der Waals surface area contributed by atoms with Gasteiger partial charge in [0.2, 0.25) is 5.91 Å². The van der Waals surface area contributed by atoms with Crippen molar-refractivity contribution < 1.29 is 14.4 Å². The van der Waals surface area contributed by atoms with E-state index in [9.17, 15) is 14.4 Å². The molecule has 1 aromatic heterocycles. The van der Waals surface area contributed by atoms with Crippen LogP contribution in [0, 0.1) is 12.8 Å². The van der Waals surface area contributed by atoms with Gasteiger partial charge in [-0.25, -0.2) is 0 Å². The van der Waals surface area contributed by atoms with E-state index in [2.05, 4.69) is 9.69 Å². The second-order valence-electron chi connectivity index (χ2n) is 8.78. The Hall–Kier alpha value is -2.94. The predicted octanol–water partition coefficient (Wildman–Crippen LogP) is 3.25. The van der Waals surface area contributed by atoms with Crippen LogP contribution in [0.25, 0.3) is 0 Å².